The molecule has 2 atom stereocenters. The highest BCUT2D eigenvalue weighted by Gasteiger charge is 2.30. The predicted octanol–water partition coefficient (Wildman–Crippen LogP) is 4.88. The number of ether oxygens (including phenoxy) is 2. The number of aromatic nitrogens is 1. The lowest BCUT2D eigenvalue weighted by atomic mass is 9.98. The average molecular weight is 418 g/mol. The Balaban J connectivity index is 1.32. The fraction of sp³-hybridized carbons (Fsp3) is 0.750. The second-order valence-corrected chi connectivity index (χ2v) is 9.86. The third-order valence-electron chi connectivity index (χ3n) is 5.83. The lowest BCUT2D eigenvalue weighted by molar-refractivity contribution is 0.0206. The summed E-state index contributed by atoms with van der Waals surface area (Å²) in [4.78, 5) is 18.8. The Bertz CT molecular complexity index is 729. The largest absolute Gasteiger partial charge is 0.444 e. The van der Waals surface area contributed by atoms with Gasteiger partial charge in [0.25, 0.3) is 0 Å². The van der Waals surface area contributed by atoms with Crippen LogP contribution in [-0.2, 0) is 22.3 Å². The van der Waals surface area contributed by atoms with Gasteiger partial charge in [0.05, 0.1) is 12.6 Å². The fourth-order valence-corrected chi connectivity index (χ4v) is 4.13. The summed E-state index contributed by atoms with van der Waals surface area (Å²) < 4.78 is 11.4. The highest BCUT2D eigenvalue weighted by Crippen LogP contribution is 2.26. The van der Waals surface area contributed by atoms with Crippen LogP contribution in [0, 0.1) is 6.92 Å². The molecule has 2 aliphatic rings. The van der Waals surface area contributed by atoms with Gasteiger partial charge in [-0.15, -0.1) is 0 Å². The van der Waals surface area contributed by atoms with Crippen molar-refractivity contribution in [3.63, 3.8) is 0 Å². The minimum absolute atomic E-state index is 0.134. The topological polar surface area (TPSA) is 63.7 Å². The first-order valence-electron chi connectivity index (χ1n) is 11.6. The molecule has 2 aliphatic heterocycles. The molecule has 0 bridgehead atoms. The zero-order chi connectivity index (χ0) is 21.7. The summed E-state index contributed by atoms with van der Waals surface area (Å²) in [5, 5.41) is 3.53. The number of amides is 1. The molecular formula is C24H39N3O3. The Hall–Kier alpha value is -1.82. The van der Waals surface area contributed by atoms with Crippen LogP contribution in [-0.4, -0.2) is 53.4 Å². The van der Waals surface area contributed by atoms with Gasteiger partial charge >= 0.3 is 6.09 Å². The monoisotopic (exact) mass is 417 g/mol. The zero-order valence-electron chi connectivity index (χ0n) is 19.4. The van der Waals surface area contributed by atoms with Crippen LogP contribution in [0.5, 0.6) is 0 Å². The third kappa shape index (κ3) is 6.59. The first-order chi connectivity index (χ1) is 14.2. The summed E-state index contributed by atoms with van der Waals surface area (Å²) in [6.07, 6.45) is 7.42. The van der Waals surface area contributed by atoms with E-state index in [-0.39, 0.29) is 12.2 Å². The number of pyridine rings is 1. The smallest absolute Gasteiger partial charge is 0.410 e. The molecule has 1 saturated heterocycles. The van der Waals surface area contributed by atoms with Gasteiger partial charge in [-0.25, -0.2) is 9.78 Å². The van der Waals surface area contributed by atoms with E-state index in [1.54, 1.807) is 4.90 Å². The van der Waals surface area contributed by atoms with Gasteiger partial charge < -0.3 is 19.7 Å². The van der Waals surface area contributed by atoms with Crippen molar-refractivity contribution in [3.8, 4) is 0 Å². The molecule has 1 amide bonds. The lowest BCUT2D eigenvalue weighted by Gasteiger charge is -2.24. The number of carbonyl (C=O) groups excluding carboxylic acids is 1. The van der Waals surface area contributed by atoms with E-state index in [0.29, 0.717) is 12.6 Å². The number of fused-ring (bicyclic) bond motifs is 1. The normalized spacial score (nSPS) is 21.3. The fourth-order valence-electron chi connectivity index (χ4n) is 4.13. The van der Waals surface area contributed by atoms with Gasteiger partial charge in [0.1, 0.15) is 11.4 Å². The van der Waals surface area contributed by atoms with Gasteiger partial charge in [-0.05, 0) is 84.3 Å². The SMILES string of the molecule is Cc1cc2c(nc1CCCCCOC1CCN(C(=O)OC(C)(C)C)C1)NC(C)CC2. The van der Waals surface area contributed by atoms with E-state index in [0.717, 1.165) is 57.5 Å². The molecule has 3 heterocycles. The average Bonchev–Trinajstić information content (AvgIpc) is 3.13. The zero-order valence-corrected chi connectivity index (χ0v) is 19.4. The van der Waals surface area contributed by atoms with Crippen LogP contribution in [0.2, 0.25) is 0 Å². The number of aryl methyl sites for hydroxylation is 3. The van der Waals surface area contributed by atoms with E-state index < -0.39 is 5.60 Å². The quantitative estimate of drug-likeness (QED) is 0.641. The molecule has 1 N–H and O–H groups in total. The van der Waals surface area contributed by atoms with E-state index in [2.05, 4.69) is 25.2 Å². The molecule has 0 aliphatic carbocycles. The third-order valence-corrected chi connectivity index (χ3v) is 5.83. The molecule has 1 aromatic heterocycles. The number of anilines is 1. The second kappa shape index (κ2) is 9.99. The molecule has 1 aromatic rings. The maximum absolute atomic E-state index is 12.1. The van der Waals surface area contributed by atoms with Gasteiger partial charge in [-0.3, -0.25) is 0 Å². The van der Waals surface area contributed by atoms with Crippen LogP contribution in [0.4, 0.5) is 10.6 Å². The van der Waals surface area contributed by atoms with Crippen molar-refractivity contribution >= 4 is 11.9 Å². The summed E-state index contributed by atoms with van der Waals surface area (Å²) in [7, 11) is 0. The van der Waals surface area contributed by atoms with Gasteiger partial charge in [0.15, 0.2) is 0 Å². The van der Waals surface area contributed by atoms with Crippen LogP contribution in [0.15, 0.2) is 6.07 Å². The minimum atomic E-state index is -0.449. The van der Waals surface area contributed by atoms with Crippen molar-refractivity contribution in [2.45, 2.75) is 97.3 Å². The molecule has 3 rings (SSSR count). The molecule has 30 heavy (non-hydrogen) atoms. The molecular weight excluding hydrogens is 378 g/mol. The van der Waals surface area contributed by atoms with E-state index >= 15 is 0 Å². The maximum Gasteiger partial charge on any atom is 0.410 e. The summed E-state index contributed by atoms with van der Waals surface area (Å²) in [5.41, 5.74) is 3.45. The highest BCUT2D eigenvalue weighted by molar-refractivity contribution is 5.68. The number of nitrogens with zero attached hydrogens (tertiary/aromatic N) is 2. The number of rotatable bonds is 7. The summed E-state index contributed by atoms with van der Waals surface area (Å²) in [6, 6.07) is 2.83. The van der Waals surface area contributed by atoms with Crippen molar-refractivity contribution in [3.05, 3.63) is 22.9 Å². The number of likely N-dealkylation sites (tertiary alicyclic amines) is 1. The van der Waals surface area contributed by atoms with Crippen LogP contribution < -0.4 is 5.32 Å². The van der Waals surface area contributed by atoms with Gasteiger partial charge in [-0.1, -0.05) is 12.5 Å². The number of carbonyl (C=O) groups is 1. The first-order valence-corrected chi connectivity index (χ1v) is 11.6. The van der Waals surface area contributed by atoms with Gasteiger partial charge in [-0.2, -0.15) is 0 Å². The number of hydrogen-bond acceptors (Lipinski definition) is 5. The van der Waals surface area contributed by atoms with Crippen molar-refractivity contribution in [2.24, 2.45) is 0 Å². The lowest BCUT2D eigenvalue weighted by Crippen LogP contribution is -2.36. The Labute approximate surface area is 181 Å². The van der Waals surface area contributed by atoms with E-state index in [1.807, 2.05) is 20.8 Å². The Morgan fingerprint density at radius 2 is 2.07 bits per heavy atom. The standard InChI is InChI=1S/C24H39N3O3/c1-17-15-19-11-10-18(2)25-22(19)26-21(17)9-7-6-8-14-29-20-12-13-27(16-20)23(28)30-24(3,4)5/h15,18,20H,6-14,16H2,1-5H3,(H,25,26). The Morgan fingerprint density at radius 1 is 1.27 bits per heavy atom. The molecule has 0 radical (unpaired) electrons. The number of hydrogen-bond donors (Lipinski definition) is 1. The summed E-state index contributed by atoms with van der Waals surface area (Å²) >= 11 is 0. The van der Waals surface area contributed by atoms with E-state index in [9.17, 15) is 4.79 Å². The van der Waals surface area contributed by atoms with Crippen molar-refractivity contribution in [1.29, 1.82) is 0 Å². The maximum atomic E-state index is 12.1. The first kappa shape index (κ1) is 22.9. The van der Waals surface area contributed by atoms with Gasteiger partial charge in [0, 0.05) is 24.9 Å². The van der Waals surface area contributed by atoms with Crippen LogP contribution >= 0.6 is 0 Å². The van der Waals surface area contributed by atoms with Crippen LogP contribution in [0.3, 0.4) is 0 Å². The van der Waals surface area contributed by atoms with Crippen molar-refractivity contribution < 1.29 is 14.3 Å². The predicted molar refractivity (Wildman–Crippen MR) is 120 cm³/mol. The molecule has 0 saturated carbocycles. The number of nitrogens with one attached hydrogen (secondary N) is 1. The second-order valence-electron chi connectivity index (χ2n) is 9.86. The minimum Gasteiger partial charge on any atom is -0.444 e. The summed E-state index contributed by atoms with van der Waals surface area (Å²) in [6.45, 7) is 12.2. The van der Waals surface area contributed by atoms with Crippen LogP contribution in [0.1, 0.15) is 76.6 Å². The van der Waals surface area contributed by atoms with E-state index in [4.69, 9.17) is 14.5 Å². The molecule has 0 aromatic carbocycles. The van der Waals surface area contributed by atoms with E-state index in [1.165, 1.54) is 23.2 Å². The Kier molecular flexibility index (Phi) is 7.61. The molecule has 1 fully saturated rings. The highest BCUT2D eigenvalue weighted by atomic mass is 16.6. The molecule has 2 unspecified atom stereocenters. The van der Waals surface area contributed by atoms with Crippen LogP contribution in [0.25, 0.3) is 0 Å². The molecule has 6 heteroatoms. The molecule has 0 spiro atoms. The summed E-state index contributed by atoms with van der Waals surface area (Å²) in [5.74, 6) is 1.09. The van der Waals surface area contributed by atoms with Crippen molar-refractivity contribution in [2.75, 3.05) is 25.0 Å². The van der Waals surface area contributed by atoms with Gasteiger partial charge in [0.2, 0.25) is 0 Å². The van der Waals surface area contributed by atoms with Crippen molar-refractivity contribution in [1.82, 2.24) is 9.88 Å². The number of unbranched alkanes of at least 4 members (excludes halogenated alkanes) is 2. The molecule has 6 nitrogen and oxygen atoms in total. The Morgan fingerprint density at radius 3 is 2.83 bits per heavy atom. The molecule has 168 valence electrons.